The summed E-state index contributed by atoms with van der Waals surface area (Å²) in [6.45, 7) is 11.8. The lowest BCUT2D eigenvalue weighted by Crippen LogP contribution is -2.33. The normalized spacial score (nSPS) is 14.8. The molecule has 0 fully saturated rings. The first-order valence-corrected chi connectivity index (χ1v) is 8.02. The lowest BCUT2D eigenvalue weighted by Gasteiger charge is -2.32. The highest BCUT2D eigenvalue weighted by atomic mass is 16.3. The van der Waals surface area contributed by atoms with Crippen LogP contribution in [-0.4, -0.2) is 29.6 Å². The minimum atomic E-state index is -0.686. The van der Waals surface area contributed by atoms with Crippen LogP contribution in [-0.2, 0) is 5.60 Å². The van der Waals surface area contributed by atoms with Crippen molar-refractivity contribution in [3.8, 4) is 0 Å². The summed E-state index contributed by atoms with van der Waals surface area (Å²) in [4.78, 5) is 2.38. The third-order valence-corrected chi connectivity index (χ3v) is 4.18. The van der Waals surface area contributed by atoms with Gasteiger partial charge in [0.1, 0.15) is 0 Å². The molecule has 1 rings (SSSR count). The quantitative estimate of drug-likeness (QED) is 0.736. The average molecular weight is 277 g/mol. The fourth-order valence-corrected chi connectivity index (χ4v) is 2.57. The van der Waals surface area contributed by atoms with E-state index < -0.39 is 5.60 Å². The van der Waals surface area contributed by atoms with Crippen molar-refractivity contribution in [1.82, 2.24) is 4.90 Å². The van der Waals surface area contributed by atoms with E-state index in [1.165, 1.54) is 0 Å². The molecule has 0 spiro atoms. The van der Waals surface area contributed by atoms with Crippen molar-refractivity contribution in [3.63, 3.8) is 0 Å². The topological polar surface area (TPSA) is 23.5 Å². The van der Waals surface area contributed by atoms with Crippen molar-refractivity contribution in [2.45, 2.75) is 52.6 Å². The van der Waals surface area contributed by atoms with E-state index in [-0.39, 0.29) is 0 Å². The highest BCUT2D eigenvalue weighted by Crippen LogP contribution is 2.31. The van der Waals surface area contributed by atoms with Gasteiger partial charge in [-0.25, -0.2) is 0 Å². The van der Waals surface area contributed by atoms with Crippen LogP contribution in [0.5, 0.6) is 0 Å². The summed E-state index contributed by atoms with van der Waals surface area (Å²) in [5.74, 6) is 0.624. The van der Waals surface area contributed by atoms with Gasteiger partial charge >= 0.3 is 0 Å². The highest BCUT2D eigenvalue weighted by Gasteiger charge is 2.29. The van der Waals surface area contributed by atoms with Crippen LogP contribution in [0.4, 0.5) is 0 Å². The number of aliphatic hydroxyl groups is 1. The molecule has 1 aromatic carbocycles. The molecule has 0 aliphatic rings. The van der Waals surface area contributed by atoms with Crippen LogP contribution < -0.4 is 0 Å². The maximum Gasteiger partial charge on any atom is 0.0908 e. The molecule has 0 aromatic heterocycles. The second kappa shape index (κ2) is 8.43. The van der Waals surface area contributed by atoms with Gasteiger partial charge in [0.05, 0.1) is 5.60 Å². The molecule has 2 nitrogen and oxygen atoms in total. The fraction of sp³-hybridized carbons (Fsp3) is 0.667. The summed E-state index contributed by atoms with van der Waals surface area (Å²) in [5.41, 5.74) is 0.376. The first-order chi connectivity index (χ1) is 9.51. The van der Waals surface area contributed by atoms with E-state index in [9.17, 15) is 5.11 Å². The molecule has 1 N–H and O–H groups in total. The van der Waals surface area contributed by atoms with Crippen molar-refractivity contribution in [2.24, 2.45) is 5.92 Å². The van der Waals surface area contributed by atoms with Gasteiger partial charge in [-0.15, -0.1) is 0 Å². The summed E-state index contributed by atoms with van der Waals surface area (Å²) in [5, 5.41) is 11.1. The van der Waals surface area contributed by atoms with Gasteiger partial charge < -0.3 is 10.0 Å². The number of rotatable bonds is 9. The van der Waals surface area contributed by atoms with Crippen molar-refractivity contribution >= 4 is 0 Å². The van der Waals surface area contributed by atoms with Crippen molar-refractivity contribution in [3.05, 3.63) is 35.9 Å². The number of nitrogens with zero attached hydrogens (tertiary/aromatic N) is 1. The molecule has 0 heterocycles. The summed E-state index contributed by atoms with van der Waals surface area (Å²) < 4.78 is 0. The van der Waals surface area contributed by atoms with Crippen LogP contribution in [0.1, 0.15) is 52.5 Å². The maximum absolute atomic E-state index is 11.1. The Hall–Kier alpha value is -0.860. The molecule has 0 aliphatic carbocycles. The molecule has 0 saturated carbocycles. The third-order valence-electron chi connectivity index (χ3n) is 4.18. The molecule has 0 radical (unpaired) electrons. The highest BCUT2D eigenvalue weighted by molar-refractivity contribution is 5.22. The summed E-state index contributed by atoms with van der Waals surface area (Å²) >= 11 is 0. The van der Waals surface area contributed by atoms with Gasteiger partial charge in [0.2, 0.25) is 0 Å². The zero-order valence-corrected chi connectivity index (χ0v) is 13.6. The van der Waals surface area contributed by atoms with Gasteiger partial charge in [-0.1, -0.05) is 58.0 Å². The molecular weight excluding hydrogens is 246 g/mol. The van der Waals surface area contributed by atoms with E-state index in [0.717, 1.165) is 44.5 Å². The molecule has 20 heavy (non-hydrogen) atoms. The number of hydrogen-bond acceptors (Lipinski definition) is 2. The second-order valence-corrected chi connectivity index (χ2v) is 6.11. The van der Waals surface area contributed by atoms with Gasteiger partial charge in [0.25, 0.3) is 0 Å². The Morgan fingerprint density at radius 2 is 1.65 bits per heavy atom. The summed E-state index contributed by atoms with van der Waals surface area (Å²) in [7, 11) is 0. The monoisotopic (exact) mass is 277 g/mol. The Bertz CT molecular complexity index is 359. The van der Waals surface area contributed by atoms with Crippen LogP contribution in [0, 0.1) is 5.92 Å². The smallest absolute Gasteiger partial charge is 0.0908 e. The van der Waals surface area contributed by atoms with E-state index in [0.29, 0.717) is 5.92 Å². The molecular formula is C18H31NO. The van der Waals surface area contributed by atoms with Gasteiger partial charge in [0.15, 0.2) is 0 Å². The molecule has 0 bridgehead atoms. The van der Waals surface area contributed by atoms with Crippen molar-refractivity contribution in [2.75, 3.05) is 19.6 Å². The number of benzene rings is 1. The first-order valence-electron chi connectivity index (χ1n) is 8.02. The van der Waals surface area contributed by atoms with Crippen molar-refractivity contribution < 1.29 is 5.11 Å². The fourth-order valence-electron chi connectivity index (χ4n) is 2.57. The van der Waals surface area contributed by atoms with E-state index in [2.05, 4.69) is 44.7 Å². The molecule has 114 valence electrons. The van der Waals surface area contributed by atoms with E-state index in [4.69, 9.17) is 0 Å². The van der Waals surface area contributed by atoms with Crippen LogP contribution >= 0.6 is 0 Å². The van der Waals surface area contributed by atoms with Crippen LogP contribution in [0.2, 0.25) is 0 Å². The molecule has 1 unspecified atom stereocenters. The van der Waals surface area contributed by atoms with Crippen molar-refractivity contribution in [1.29, 1.82) is 0 Å². The zero-order chi connectivity index (χ0) is 15.0. The van der Waals surface area contributed by atoms with Gasteiger partial charge in [-0.2, -0.15) is 0 Å². The summed E-state index contributed by atoms with van der Waals surface area (Å²) in [6.07, 6.45) is 2.71. The Balaban J connectivity index is 2.78. The Kier molecular flexibility index (Phi) is 7.25. The standard InChI is InChI=1S/C18H31NO/c1-5-19(6-2)15-14-18(20,13-12-16(3)4)17-10-8-7-9-11-17/h7-11,16,20H,5-6,12-15H2,1-4H3. The van der Waals surface area contributed by atoms with Gasteiger partial charge in [0, 0.05) is 6.54 Å². The minimum absolute atomic E-state index is 0.624. The molecule has 1 aromatic rings. The van der Waals surface area contributed by atoms with Crippen LogP contribution in [0.25, 0.3) is 0 Å². The van der Waals surface area contributed by atoms with E-state index >= 15 is 0 Å². The SMILES string of the molecule is CCN(CC)CCC(O)(CCC(C)C)c1ccccc1. The minimum Gasteiger partial charge on any atom is -0.385 e. The molecule has 2 heteroatoms. The maximum atomic E-state index is 11.1. The first kappa shape index (κ1) is 17.2. The zero-order valence-electron chi connectivity index (χ0n) is 13.6. The second-order valence-electron chi connectivity index (χ2n) is 6.11. The predicted molar refractivity (Wildman–Crippen MR) is 86.8 cm³/mol. The Labute approximate surface area is 124 Å². The largest absolute Gasteiger partial charge is 0.385 e. The van der Waals surface area contributed by atoms with Gasteiger partial charge in [-0.05, 0) is 43.8 Å². The number of hydrogen-bond donors (Lipinski definition) is 1. The molecule has 0 saturated heterocycles. The third kappa shape index (κ3) is 5.26. The van der Waals surface area contributed by atoms with Gasteiger partial charge in [-0.3, -0.25) is 0 Å². The predicted octanol–water partition coefficient (Wildman–Crippen LogP) is 4.04. The lowest BCUT2D eigenvalue weighted by molar-refractivity contribution is 0.00483. The van der Waals surface area contributed by atoms with Crippen LogP contribution in [0.15, 0.2) is 30.3 Å². The van der Waals surface area contributed by atoms with E-state index in [1.807, 2.05) is 18.2 Å². The lowest BCUT2D eigenvalue weighted by atomic mass is 9.84. The molecule has 0 amide bonds. The van der Waals surface area contributed by atoms with E-state index in [1.54, 1.807) is 0 Å². The summed E-state index contributed by atoms with van der Waals surface area (Å²) in [6, 6.07) is 10.2. The molecule has 1 atom stereocenters. The van der Waals surface area contributed by atoms with Crippen LogP contribution in [0.3, 0.4) is 0 Å². The molecule has 0 aliphatic heterocycles. The Morgan fingerprint density at radius 1 is 1.05 bits per heavy atom. The Morgan fingerprint density at radius 3 is 2.15 bits per heavy atom. The average Bonchev–Trinajstić information content (AvgIpc) is 2.47.